The van der Waals surface area contributed by atoms with Gasteiger partial charge in [0.05, 0.1) is 28.9 Å². The van der Waals surface area contributed by atoms with Gasteiger partial charge in [0, 0.05) is 24.6 Å². The molecule has 3 aromatic rings. The van der Waals surface area contributed by atoms with Crippen LogP contribution < -0.4 is 4.74 Å². The average molecular weight is 359 g/mol. The van der Waals surface area contributed by atoms with Gasteiger partial charge in [-0.1, -0.05) is 11.6 Å². The summed E-state index contributed by atoms with van der Waals surface area (Å²) in [6.07, 6.45) is 4.25. The van der Waals surface area contributed by atoms with Crippen LogP contribution in [0.3, 0.4) is 0 Å². The highest BCUT2D eigenvalue weighted by Crippen LogP contribution is 2.31. The van der Waals surface area contributed by atoms with Crippen molar-refractivity contribution in [3.05, 3.63) is 35.6 Å². The fourth-order valence-corrected chi connectivity index (χ4v) is 3.60. The first kappa shape index (κ1) is 15.1. The van der Waals surface area contributed by atoms with E-state index in [2.05, 4.69) is 19.9 Å². The lowest BCUT2D eigenvalue weighted by Crippen LogP contribution is -2.32. The minimum absolute atomic E-state index is 0.0304. The lowest BCUT2D eigenvalue weighted by atomic mass is 10.1. The molecule has 2 saturated heterocycles. The molecule has 2 aliphatic rings. The van der Waals surface area contributed by atoms with Gasteiger partial charge in [-0.05, 0) is 24.6 Å². The number of hydrogen-bond donors (Lipinski definition) is 1. The van der Waals surface area contributed by atoms with Crippen molar-refractivity contribution < 1.29 is 14.2 Å². The molecule has 5 heterocycles. The van der Waals surface area contributed by atoms with E-state index >= 15 is 0 Å². The van der Waals surface area contributed by atoms with Crippen molar-refractivity contribution in [2.24, 2.45) is 0 Å². The van der Waals surface area contributed by atoms with Gasteiger partial charge < -0.3 is 19.2 Å². The molecule has 0 radical (unpaired) electrons. The summed E-state index contributed by atoms with van der Waals surface area (Å²) in [5.41, 5.74) is 2.83. The largest absolute Gasteiger partial charge is 0.456 e. The Morgan fingerprint density at radius 3 is 2.96 bits per heavy atom. The van der Waals surface area contributed by atoms with Gasteiger partial charge in [0.15, 0.2) is 11.8 Å². The summed E-state index contributed by atoms with van der Waals surface area (Å²) in [5.74, 6) is 0. The summed E-state index contributed by atoms with van der Waals surface area (Å²) in [5, 5.41) is 0.539. The summed E-state index contributed by atoms with van der Waals surface area (Å²) in [6.45, 7) is 1.21. The molecule has 3 aromatic heterocycles. The van der Waals surface area contributed by atoms with Crippen molar-refractivity contribution >= 4 is 22.8 Å². The second kappa shape index (κ2) is 5.94. The van der Waals surface area contributed by atoms with Gasteiger partial charge in [-0.2, -0.15) is 4.98 Å². The maximum Gasteiger partial charge on any atom is 0.296 e. The van der Waals surface area contributed by atoms with Gasteiger partial charge >= 0.3 is 0 Å². The van der Waals surface area contributed by atoms with E-state index in [0.29, 0.717) is 35.6 Å². The predicted octanol–water partition coefficient (Wildman–Crippen LogP) is 2.61. The van der Waals surface area contributed by atoms with E-state index in [9.17, 15) is 0 Å². The summed E-state index contributed by atoms with van der Waals surface area (Å²) in [6, 6.07) is 5.92. The molecular weight excluding hydrogens is 344 g/mol. The van der Waals surface area contributed by atoms with Crippen LogP contribution in [0.5, 0.6) is 6.01 Å². The van der Waals surface area contributed by atoms with Crippen molar-refractivity contribution in [3.63, 3.8) is 0 Å². The van der Waals surface area contributed by atoms with Crippen molar-refractivity contribution in [1.29, 1.82) is 0 Å². The zero-order chi connectivity index (χ0) is 16.8. The number of imidazole rings is 1. The fraction of sp³-hybridized carbons (Fsp3) is 0.353. The molecule has 5 rings (SSSR count). The van der Waals surface area contributed by atoms with Crippen LogP contribution in [-0.2, 0) is 9.47 Å². The second-order valence-electron chi connectivity index (χ2n) is 6.12. The third kappa shape index (κ3) is 2.64. The number of hydrogen-bond acceptors (Lipinski definition) is 6. The van der Waals surface area contributed by atoms with Crippen LogP contribution in [0.25, 0.3) is 22.4 Å². The molecule has 0 aliphatic carbocycles. The van der Waals surface area contributed by atoms with Crippen molar-refractivity contribution in [1.82, 2.24) is 19.9 Å². The number of rotatable bonds is 3. The van der Waals surface area contributed by atoms with E-state index in [4.69, 9.17) is 25.8 Å². The molecule has 3 unspecified atom stereocenters. The highest BCUT2D eigenvalue weighted by Gasteiger charge is 2.43. The van der Waals surface area contributed by atoms with Crippen LogP contribution in [0.4, 0.5) is 0 Å². The minimum atomic E-state index is -0.164. The molecule has 128 valence electrons. The quantitative estimate of drug-likeness (QED) is 0.775. The van der Waals surface area contributed by atoms with E-state index in [-0.39, 0.29) is 18.3 Å². The first-order chi connectivity index (χ1) is 12.3. The Kier molecular flexibility index (Phi) is 3.58. The Morgan fingerprint density at radius 2 is 2.08 bits per heavy atom. The molecule has 0 saturated carbocycles. The molecule has 1 N–H and O–H groups in total. The Hall–Kier alpha value is -2.22. The fourth-order valence-electron chi connectivity index (χ4n) is 3.34. The summed E-state index contributed by atoms with van der Waals surface area (Å²) < 4.78 is 17.3. The average Bonchev–Trinajstić information content (AvgIpc) is 3.32. The van der Waals surface area contributed by atoms with E-state index in [1.54, 1.807) is 18.5 Å². The standard InChI is InChI=1S/C17H15ClN4O3/c18-10-7-11-16(21-14(10)9-1-4-19-5-2-9)22-17(20-11)25-13-8-24-12-3-6-23-15(12)13/h1-2,4-5,7,12-13,15H,3,6,8H2,(H,20,21,22). The van der Waals surface area contributed by atoms with Gasteiger partial charge in [-0.25, -0.2) is 4.98 Å². The molecule has 0 bridgehead atoms. The molecule has 8 heteroatoms. The zero-order valence-corrected chi connectivity index (χ0v) is 13.9. The predicted molar refractivity (Wildman–Crippen MR) is 90.6 cm³/mol. The van der Waals surface area contributed by atoms with Crippen LogP contribution in [0.2, 0.25) is 5.02 Å². The Labute approximate surface area is 148 Å². The molecule has 0 spiro atoms. The third-order valence-electron chi connectivity index (χ3n) is 4.54. The number of nitrogens with one attached hydrogen (secondary N) is 1. The molecular formula is C17H15ClN4O3. The van der Waals surface area contributed by atoms with Crippen LogP contribution in [0.1, 0.15) is 6.42 Å². The Morgan fingerprint density at radius 1 is 1.20 bits per heavy atom. The Bertz CT molecular complexity index is 917. The van der Waals surface area contributed by atoms with Crippen molar-refractivity contribution in [2.75, 3.05) is 13.2 Å². The van der Waals surface area contributed by atoms with E-state index in [0.717, 1.165) is 17.5 Å². The van der Waals surface area contributed by atoms with Gasteiger partial charge in [0.25, 0.3) is 6.01 Å². The number of aromatic amines is 1. The van der Waals surface area contributed by atoms with Gasteiger partial charge in [-0.3, -0.25) is 4.98 Å². The van der Waals surface area contributed by atoms with Crippen LogP contribution in [0.15, 0.2) is 30.6 Å². The number of ether oxygens (including phenoxy) is 3. The van der Waals surface area contributed by atoms with Gasteiger partial charge in [0.2, 0.25) is 0 Å². The van der Waals surface area contributed by atoms with E-state index in [1.807, 2.05) is 12.1 Å². The number of H-pyrrole nitrogens is 1. The number of aromatic nitrogens is 4. The number of nitrogens with zero attached hydrogens (tertiary/aromatic N) is 3. The first-order valence-corrected chi connectivity index (χ1v) is 8.52. The highest BCUT2D eigenvalue weighted by molar-refractivity contribution is 6.33. The SMILES string of the molecule is Clc1cc2[nH]c(OC3COC4CCOC43)nc2nc1-c1ccncc1. The lowest BCUT2D eigenvalue weighted by molar-refractivity contribution is 0.0273. The molecule has 7 nitrogen and oxygen atoms in total. The zero-order valence-electron chi connectivity index (χ0n) is 13.2. The first-order valence-electron chi connectivity index (χ1n) is 8.14. The molecule has 3 atom stereocenters. The monoisotopic (exact) mass is 358 g/mol. The van der Waals surface area contributed by atoms with Crippen LogP contribution in [0, 0.1) is 0 Å². The van der Waals surface area contributed by atoms with Crippen molar-refractivity contribution in [2.45, 2.75) is 24.7 Å². The lowest BCUT2D eigenvalue weighted by Gasteiger charge is -2.15. The number of fused-ring (bicyclic) bond motifs is 2. The number of pyridine rings is 2. The molecule has 0 amide bonds. The second-order valence-corrected chi connectivity index (χ2v) is 6.53. The maximum absolute atomic E-state index is 6.38. The Balaban J connectivity index is 1.46. The summed E-state index contributed by atoms with van der Waals surface area (Å²) in [7, 11) is 0. The maximum atomic E-state index is 6.38. The minimum Gasteiger partial charge on any atom is -0.456 e. The van der Waals surface area contributed by atoms with Crippen LogP contribution in [-0.4, -0.2) is 51.5 Å². The van der Waals surface area contributed by atoms with E-state index in [1.165, 1.54) is 0 Å². The number of halogens is 1. The van der Waals surface area contributed by atoms with Gasteiger partial charge in [-0.15, -0.1) is 0 Å². The highest BCUT2D eigenvalue weighted by atomic mass is 35.5. The molecule has 0 aromatic carbocycles. The normalized spacial score (nSPS) is 25.4. The molecule has 2 fully saturated rings. The van der Waals surface area contributed by atoms with Gasteiger partial charge in [0.1, 0.15) is 6.10 Å². The summed E-state index contributed by atoms with van der Waals surface area (Å²) in [4.78, 5) is 16.1. The molecule has 2 aliphatic heterocycles. The van der Waals surface area contributed by atoms with Crippen LogP contribution >= 0.6 is 11.6 Å². The summed E-state index contributed by atoms with van der Waals surface area (Å²) >= 11 is 6.38. The smallest absolute Gasteiger partial charge is 0.296 e. The molecule has 25 heavy (non-hydrogen) atoms. The third-order valence-corrected chi connectivity index (χ3v) is 4.83. The topological polar surface area (TPSA) is 82.2 Å². The van der Waals surface area contributed by atoms with E-state index < -0.39 is 0 Å². The van der Waals surface area contributed by atoms with Crippen molar-refractivity contribution in [3.8, 4) is 17.3 Å².